The van der Waals surface area contributed by atoms with E-state index in [0.29, 0.717) is 0 Å². The van der Waals surface area contributed by atoms with E-state index in [1.54, 1.807) is 0 Å². The van der Waals surface area contributed by atoms with Crippen LogP contribution in [0.4, 0.5) is 0 Å². The van der Waals surface area contributed by atoms with Crippen LogP contribution in [0.2, 0.25) is 0 Å². The molecule has 88 valence electrons. The molecule has 0 radical (unpaired) electrons. The summed E-state index contributed by atoms with van der Waals surface area (Å²) in [6.45, 7) is 4.23. The molecule has 15 heavy (non-hydrogen) atoms. The Kier molecular flexibility index (Phi) is 7.05. The zero-order valence-electron chi connectivity index (χ0n) is 9.87. The first kappa shape index (κ1) is 14.2. The molecule has 0 aromatic heterocycles. The Labute approximate surface area is 91.3 Å². The van der Waals surface area contributed by atoms with Gasteiger partial charge in [0.05, 0.1) is 6.10 Å². The average molecular weight is 216 g/mol. The van der Waals surface area contributed by atoms with E-state index in [2.05, 4.69) is 5.32 Å². The normalized spacial score (nSPS) is 11.5. The minimum atomic E-state index is -1.17. The van der Waals surface area contributed by atoms with Crippen molar-refractivity contribution in [2.24, 2.45) is 0 Å². The third-order valence-corrected chi connectivity index (χ3v) is 2.26. The molecular weight excluding hydrogens is 196 g/mol. The van der Waals surface area contributed by atoms with E-state index in [4.69, 9.17) is 19.5 Å². The lowest BCUT2D eigenvalue weighted by Gasteiger charge is -2.33. The molecule has 0 aromatic rings. The highest BCUT2D eigenvalue weighted by molar-refractivity contribution is 4.72. The second-order valence-corrected chi connectivity index (χ2v) is 3.11. The lowest BCUT2D eigenvalue weighted by atomic mass is 10.2. The Morgan fingerprint density at radius 3 is 2.13 bits per heavy atom. The van der Waals surface area contributed by atoms with Crippen LogP contribution in [0.25, 0.3) is 0 Å². The van der Waals surface area contributed by atoms with Crippen LogP contribution in [0.5, 0.6) is 0 Å². The van der Waals surface area contributed by atoms with Gasteiger partial charge < -0.3 is 19.5 Å². The molecule has 0 aliphatic heterocycles. The van der Waals surface area contributed by atoms with Gasteiger partial charge in [0.1, 0.15) is 6.54 Å². The Morgan fingerprint density at radius 1 is 1.27 bits per heavy atom. The lowest BCUT2D eigenvalue weighted by Crippen LogP contribution is -2.47. The summed E-state index contributed by atoms with van der Waals surface area (Å²) in [6, 6.07) is 0. The van der Waals surface area contributed by atoms with Crippen molar-refractivity contribution in [1.82, 2.24) is 5.32 Å². The molecule has 0 heterocycles. The molecule has 0 aromatic carbocycles. The maximum absolute atomic E-state index is 8.44. The molecule has 0 saturated carbocycles. The zero-order valence-corrected chi connectivity index (χ0v) is 9.87. The summed E-state index contributed by atoms with van der Waals surface area (Å²) >= 11 is 0. The van der Waals surface area contributed by atoms with Crippen LogP contribution in [0, 0.1) is 11.5 Å². The topological polar surface area (TPSA) is 63.5 Å². The van der Waals surface area contributed by atoms with Gasteiger partial charge in [-0.3, -0.25) is 0 Å². The number of rotatable bonds is 8. The number of ether oxygens (including phenoxy) is 3. The zero-order chi connectivity index (χ0) is 11.7. The number of hydrogen-bond acceptors (Lipinski definition) is 5. The van der Waals surface area contributed by atoms with Crippen LogP contribution in [0.1, 0.15) is 26.7 Å². The monoisotopic (exact) mass is 216 g/mol. The van der Waals surface area contributed by atoms with Gasteiger partial charge in [0, 0.05) is 14.2 Å². The quantitative estimate of drug-likeness (QED) is 0.375. The highest BCUT2D eigenvalue weighted by Crippen LogP contribution is 2.18. The SMILES string of the molecule is CCC(CC)OC(CNC#N)(OC)OC. The van der Waals surface area contributed by atoms with Crippen molar-refractivity contribution in [3.8, 4) is 6.19 Å². The lowest BCUT2D eigenvalue weighted by molar-refractivity contribution is -0.372. The van der Waals surface area contributed by atoms with Gasteiger partial charge in [-0.2, -0.15) is 5.26 Å². The molecule has 0 saturated heterocycles. The first-order valence-electron chi connectivity index (χ1n) is 5.08. The highest BCUT2D eigenvalue weighted by atomic mass is 16.9. The molecule has 1 N–H and O–H groups in total. The molecule has 5 nitrogen and oxygen atoms in total. The summed E-state index contributed by atoms with van der Waals surface area (Å²) in [6.07, 6.45) is 3.62. The van der Waals surface area contributed by atoms with E-state index < -0.39 is 5.97 Å². The molecule has 5 heteroatoms. The molecule has 0 atom stereocenters. The van der Waals surface area contributed by atoms with Gasteiger partial charge in [-0.1, -0.05) is 13.8 Å². The largest absolute Gasteiger partial charge is 0.329 e. The number of hydrogen-bond donors (Lipinski definition) is 1. The maximum atomic E-state index is 8.44. The van der Waals surface area contributed by atoms with Gasteiger partial charge in [0.15, 0.2) is 6.19 Å². The second kappa shape index (κ2) is 7.46. The van der Waals surface area contributed by atoms with Crippen molar-refractivity contribution in [3.05, 3.63) is 0 Å². The maximum Gasteiger partial charge on any atom is 0.301 e. The van der Waals surface area contributed by atoms with E-state index in [1.807, 2.05) is 20.0 Å². The summed E-state index contributed by atoms with van der Waals surface area (Å²) in [5, 5.41) is 10.9. The molecule has 0 aliphatic rings. The van der Waals surface area contributed by atoms with Crippen molar-refractivity contribution >= 4 is 0 Å². The Balaban J connectivity index is 4.41. The smallest absolute Gasteiger partial charge is 0.301 e. The van der Waals surface area contributed by atoms with E-state index in [9.17, 15) is 0 Å². The fourth-order valence-corrected chi connectivity index (χ4v) is 1.22. The molecule has 0 amide bonds. The van der Waals surface area contributed by atoms with E-state index in [-0.39, 0.29) is 12.6 Å². The third kappa shape index (κ3) is 4.47. The van der Waals surface area contributed by atoms with Crippen LogP contribution in [0.3, 0.4) is 0 Å². The van der Waals surface area contributed by atoms with Crippen molar-refractivity contribution in [1.29, 1.82) is 5.26 Å². The molecule has 0 spiro atoms. The standard InChI is InChI=1S/C10H20N2O3/c1-5-9(6-2)15-10(13-3,14-4)7-12-8-11/h9,12H,5-7H2,1-4H3. The highest BCUT2D eigenvalue weighted by Gasteiger charge is 2.33. The Bertz CT molecular complexity index is 195. The fourth-order valence-electron chi connectivity index (χ4n) is 1.22. The number of methoxy groups -OCH3 is 2. The van der Waals surface area contributed by atoms with Gasteiger partial charge in [-0.25, -0.2) is 0 Å². The van der Waals surface area contributed by atoms with Crippen LogP contribution in [-0.4, -0.2) is 32.8 Å². The number of nitriles is 1. The Hall–Kier alpha value is -0.830. The van der Waals surface area contributed by atoms with Gasteiger partial charge in [0.2, 0.25) is 0 Å². The van der Waals surface area contributed by atoms with Gasteiger partial charge in [0.25, 0.3) is 0 Å². The average Bonchev–Trinajstić information content (AvgIpc) is 2.30. The predicted octanol–water partition coefficient (Wildman–Crippen LogP) is 1.21. The van der Waals surface area contributed by atoms with Crippen molar-refractivity contribution in [2.45, 2.75) is 38.8 Å². The molecule has 0 aliphatic carbocycles. The van der Waals surface area contributed by atoms with Crippen LogP contribution < -0.4 is 5.32 Å². The number of nitrogens with one attached hydrogen (secondary N) is 1. The van der Waals surface area contributed by atoms with Gasteiger partial charge in [-0.15, -0.1) is 0 Å². The van der Waals surface area contributed by atoms with E-state index >= 15 is 0 Å². The fraction of sp³-hybridized carbons (Fsp3) is 0.900. The third-order valence-electron chi connectivity index (χ3n) is 2.26. The summed E-state index contributed by atoms with van der Waals surface area (Å²) in [5.74, 6) is -1.17. The minimum Gasteiger partial charge on any atom is -0.329 e. The summed E-state index contributed by atoms with van der Waals surface area (Å²) in [5.41, 5.74) is 0. The van der Waals surface area contributed by atoms with Crippen molar-refractivity contribution < 1.29 is 14.2 Å². The minimum absolute atomic E-state index is 0.0605. The van der Waals surface area contributed by atoms with E-state index in [1.165, 1.54) is 14.2 Å². The van der Waals surface area contributed by atoms with Crippen LogP contribution >= 0.6 is 0 Å². The van der Waals surface area contributed by atoms with Gasteiger partial charge >= 0.3 is 5.97 Å². The molecular formula is C10H20N2O3. The first-order valence-corrected chi connectivity index (χ1v) is 5.08. The summed E-state index contributed by atoms with van der Waals surface area (Å²) < 4.78 is 16.0. The first-order chi connectivity index (χ1) is 7.17. The molecule has 0 fully saturated rings. The molecule has 0 bridgehead atoms. The Morgan fingerprint density at radius 2 is 1.80 bits per heavy atom. The number of nitrogens with zero attached hydrogens (tertiary/aromatic N) is 1. The van der Waals surface area contributed by atoms with Crippen LogP contribution in [-0.2, 0) is 14.2 Å². The second-order valence-electron chi connectivity index (χ2n) is 3.11. The molecule has 0 unspecified atom stereocenters. The summed E-state index contributed by atoms with van der Waals surface area (Å²) in [7, 11) is 2.98. The van der Waals surface area contributed by atoms with Crippen LogP contribution in [0.15, 0.2) is 0 Å². The van der Waals surface area contributed by atoms with Crippen molar-refractivity contribution in [2.75, 3.05) is 20.8 Å². The van der Waals surface area contributed by atoms with E-state index in [0.717, 1.165) is 12.8 Å². The predicted molar refractivity (Wildman–Crippen MR) is 55.8 cm³/mol. The van der Waals surface area contributed by atoms with Crippen molar-refractivity contribution in [3.63, 3.8) is 0 Å². The molecule has 0 rings (SSSR count). The summed E-state index contributed by atoms with van der Waals surface area (Å²) in [4.78, 5) is 0. The van der Waals surface area contributed by atoms with Gasteiger partial charge in [-0.05, 0) is 12.8 Å².